The van der Waals surface area contributed by atoms with Gasteiger partial charge in [-0.3, -0.25) is 9.89 Å². The van der Waals surface area contributed by atoms with E-state index in [1.807, 2.05) is 7.05 Å². The van der Waals surface area contributed by atoms with Crippen LogP contribution < -0.4 is 10.6 Å². The van der Waals surface area contributed by atoms with Crippen molar-refractivity contribution >= 4 is 5.96 Å². The van der Waals surface area contributed by atoms with Crippen molar-refractivity contribution in [3.05, 3.63) is 35.4 Å². The van der Waals surface area contributed by atoms with Crippen LogP contribution in [0.1, 0.15) is 25.0 Å². The Kier molecular flexibility index (Phi) is 7.06. The molecular weight excluding hydrogens is 300 g/mol. The van der Waals surface area contributed by atoms with Gasteiger partial charge in [0.05, 0.1) is 13.2 Å². The van der Waals surface area contributed by atoms with Gasteiger partial charge in [0.25, 0.3) is 0 Å². The first-order chi connectivity index (χ1) is 11.5. The maximum Gasteiger partial charge on any atom is 0.191 e. The highest BCUT2D eigenvalue weighted by Crippen LogP contribution is 2.14. The number of nitrogens with zero attached hydrogens (tertiary/aromatic N) is 2. The summed E-state index contributed by atoms with van der Waals surface area (Å²) >= 11 is 0. The number of benzene rings is 1. The first-order valence-corrected chi connectivity index (χ1v) is 8.84. The summed E-state index contributed by atoms with van der Waals surface area (Å²) in [7, 11) is 1.82. The fourth-order valence-electron chi connectivity index (χ4n) is 2.88. The maximum atomic E-state index is 5.45. The molecule has 5 nitrogen and oxygen atoms in total. The van der Waals surface area contributed by atoms with Crippen LogP contribution in [-0.2, 0) is 11.2 Å². The summed E-state index contributed by atoms with van der Waals surface area (Å²) in [5.74, 6) is 0.864. The van der Waals surface area contributed by atoms with Crippen LogP contribution in [0.15, 0.2) is 29.3 Å². The van der Waals surface area contributed by atoms with E-state index >= 15 is 0 Å². The van der Waals surface area contributed by atoms with Crippen LogP contribution in [0.25, 0.3) is 0 Å². The highest BCUT2D eigenvalue weighted by Gasteiger charge is 2.28. The molecule has 0 atom stereocenters. The Bertz CT molecular complexity index is 519. The number of morpholine rings is 1. The summed E-state index contributed by atoms with van der Waals surface area (Å²) in [6.45, 7) is 12.0. The Morgan fingerprint density at radius 2 is 1.83 bits per heavy atom. The molecule has 0 saturated carbocycles. The molecular formula is C19H32N4O. The standard InChI is InChI=1S/C19H32N4O/c1-16-5-7-17(8-6-16)9-10-21-18(20-4)22-15-19(2,3)23-11-13-24-14-12-23/h5-8H,9-15H2,1-4H3,(H2,20,21,22). The summed E-state index contributed by atoms with van der Waals surface area (Å²) in [4.78, 5) is 6.81. The summed E-state index contributed by atoms with van der Waals surface area (Å²) < 4.78 is 5.45. The van der Waals surface area contributed by atoms with E-state index in [9.17, 15) is 0 Å². The van der Waals surface area contributed by atoms with E-state index in [0.717, 1.165) is 51.8 Å². The second kappa shape index (κ2) is 9.04. The fourth-order valence-corrected chi connectivity index (χ4v) is 2.88. The van der Waals surface area contributed by atoms with E-state index in [2.05, 4.69) is 65.6 Å². The molecule has 1 fully saturated rings. The number of rotatable bonds is 6. The summed E-state index contributed by atoms with van der Waals surface area (Å²) in [5.41, 5.74) is 2.73. The molecule has 0 aromatic heterocycles. The van der Waals surface area contributed by atoms with E-state index in [0.29, 0.717) is 0 Å². The molecule has 1 aliphatic heterocycles. The quantitative estimate of drug-likeness (QED) is 0.616. The molecule has 0 amide bonds. The third-order valence-corrected chi connectivity index (χ3v) is 4.61. The molecule has 1 aliphatic rings. The van der Waals surface area contributed by atoms with Crippen LogP contribution >= 0.6 is 0 Å². The van der Waals surface area contributed by atoms with Crippen LogP contribution in [-0.4, -0.2) is 62.8 Å². The molecule has 2 N–H and O–H groups in total. The minimum atomic E-state index is 0.0817. The van der Waals surface area contributed by atoms with Crippen molar-refractivity contribution in [2.45, 2.75) is 32.7 Å². The number of guanidine groups is 1. The SMILES string of the molecule is CN=C(NCCc1ccc(C)cc1)NCC(C)(C)N1CCOCC1. The van der Waals surface area contributed by atoms with Crippen molar-refractivity contribution in [3.63, 3.8) is 0 Å². The number of aliphatic imine (C=N–C) groups is 1. The maximum absolute atomic E-state index is 5.45. The molecule has 1 saturated heterocycles. The van der Waals surface area contributed by atoms with E-state index in [-0.39, 0.29) is 5.54 Å². The molecule has 0 unspecified atom stereocenters. The predicted octanol–water partition coefficient (Wildman–Crippen LogP) is 1.81. The lowest BCUT2D eigenvalue weighted by atomic mass is 10.0. The zero-order valence-corrected chi connectivity index (χ0v) is 15.6. The average molecular weight is 332 g/mol. The van der Waals surface area contributed by atoms with Gasteiger partial charge in [0.2, 0.25) is 0 Å². The molecule has 1 aromatic rings. The summed E-state index contributed by atoms with van der Waals surface area (Å²) in [5, 5.41) is 6.86. The minimum absolute atomic E-state index is 0.0817. The first-order valence-electron chi connectivity index (χ1n) is 8.84. The second-order valence-corrected chi connectivity index (χ2v) is 7.00. The van der Waals surface area contributed by atoms with Gasteiger partial charge >= 0.3 is 0 Å². The summed E-state index contributed by atoms with van der Waals surface area (Å²) in [6.07, 6.45) is 0.994. The molecule has 24 heavy (non-hydrogen) atoms. The third kappa shape index (κ3) is 5.80. The van der Waals surface area contributed by atoms with Crippen LogP contribution in [0.2, 0.25) is 0 Å². The van der Waals surface area contributed by atoms with E-state index in [1.165, 1.54) is 11.1 Å². The van der Waals surface area contributed by atoms with Crippen LogP contribution in [0.3, 0.4) is 0 Å². The molecule has 0 radical (unpaired) electrons. The molecule has 2 rings (SSSR count). The van der Waals surface area contributed by atoms with Gasteiger partial charge in [0, 0.05) is 38.8 Å². The highest BCUT2D eigenvalue weighted by atomic mass is 16.5. The van der Waals surface area contributed by atoms with Crippen molar-refractivity contribution in [3.8, 4) is 0 Å². The van der Waals surface area contributed by atoms with Crippen LogP contribution in [0.5, 0.6) is 0 Å². The van der Waals surface area contributed by atoms with Gasteiger partial charge < -0.3 is 15.4 Å². The first kappa shape index (κ1) is 18.7. The van der Waals surface area contributed by atoms with Crippen LogP contribution in [0.4, 0.5) is 0 Å². The van der Waals surface area contributed by atoms with Crippen molar-refractivity contribution in [2.24, 2.45) is 4.99 Å². The van der Waals surface area contributed by atoms with E-state index in [1.54, 1.807) is 0 Å². The topological polar surface area (TPSA) is 48.9 Å². The lowest BCUT2D eigenvalue weighted by Crippen LogP contribution is -2.56. The zero-order valence-electron chi connectivity index (χ0n) is 15.6. The molecule has 1 heterocycles. The Morgan fingerprint density at radius 3 is 2.46 bits per heavy atom. The van der Waals surface area contributed by atoms with Crippen molar-refractivity contribution in [1.82, 2.24) is 15.5 Å². The molecule has 5 heteroatoms. The monoisotopic (exact) mass is 332 g/mol. The number of hydrogen-bond donors (Lipinski definition) is 2. The smallest absolute Gasteiger partial charge is 0.191 e. The average Bonchev–Trinajstić information content (AvgIpc) is 2.60. The third-order valence-electron chi connectivity index (χ3n) is 4.61. The fraction of sp³-hybridized carbons (Fsp3) is 0.632. The van der Waals surface area contributed by atoms with E-state index in [4.69, 9.17) is 4.74 Å². The van der Waals surface area contributed by atoms with Gasteiger partial charge in [0.1, 0.15) is 0 Å². The largest absolute Gasteiger partial charge is 0.379 e. The molecule has 0 aliphatic carbocycles. The Morgan fingerprint density at radius 1 is 1.17 bits per heavy atom. The number of ether oxygens (including phenoxy) is 1. The van der Waals surface area contributed by atoms with Crippen LogP contribution in [0, 0.1) is 6.92 Å². The number of hydrogen-bond acceptors (Lipinski definition) is 3. The zero-order chi connectivity index (χ0) is 17.4. The second-order valence-electron chi connectivity index (χ2n) is 7.00. The molecule has 0 bridgehead atoms. The Hall–Kier alpha value is -1.59. The summed E-state index contributed by atoms with van der Waals surface area (Å²) in [6, 6.07) is 8.70. The van der Waals surface area contributed by atoms with Gasteiger partial charge in [-0.15, -0.1) is 0 Å². The van der Waals surface area contributed by atoms with Crippen molar-refractivity contribution < 1.29 is 4.74 Å². The Balaban J connectivity index is 1.74. The van der Waals surface area contributed by atoms with Crippen molar-refractivity contribution in [2.75, 3.05) is 46.4 Å². The predicted molar refractivity (Wildman–Crippen MR) is 101 cm³/mol. The number of aryl methyl sites for hydroxylation is 1. The highest BCUT2D eigenvalue weighted by molar-refractivity contribution is 5.79. The van der Waals surface area contributed by atoms with E-state index < -0.39 is 0 Å². The number of nitrogens with one attached hydrogen (secondary N) is 2. The van der Waals surface area contributed by atoms with Gasteiger partial charge in [-0.05, 0) is 32.8 Å². The lowest BCUT2D eigenvalue weighted by Gasteiger charge is -2.41. The lowest BCUT2D eigenvalue weighted by molar-refractivity contribution is -0.00833. The van der Waals surface area contributed by atoms with Gasteiger partial charge in [-0.25, -0.2) is 0 Å². The van der Waals surface area contributed by atoms with Gasteiger partial charge in [0.15, 0.2) is 5.96 Å². The Labute approximate surface area is 146 Å². The van der Waals surface area contributed by atoms with Crippen molar-refractivity contribution in [1.29, 1.82) is 0 Å². The molecule has 1 aromatic carbocycles. The minimum Gasteiger partial charge on any atom is -0.379 e. The molecule has 0 spiro atoms. The van der Waals surface area contributed by atoms with Gasteiger partial charge in [-0.1, -0.05) is 29.8 Å². The van der Waals surface area contributed by atoms with Gasteiger partial charge in [-0.2, -0.15) is 0 Å². The normalized spacial score (nSPS) is 16.9. The molecule has 134 valence electrons.